The molecule has 1 heterocycles. The van der Waals surface area contributed by atoms with Crippen molar-refractivity contribution in [3.63, 3.8) is 0 Å². The maximum Gasteiger partial charge on any atom is 0.175 e. The lowest BCUT2D eigenvalue weighted by molar-refractivity contribution is -0.153. The molecule has 86 valence electrons. The number of ether oxygens (including phenoxy) is 3. The van der Waals surface area contributed by atoms with E-state index in [4.69, 9.17) is 14.2 Å². The Hall–Kier alpha value is -0.450. The molecule has 0 radical (unpaired) electrons. The van der Waals surface area contributed by atoms with Gasteiger partial charge in [0.25, 0.3) is 0 Å². The predicted octanol–water partition coefficient (Wildman–Crippen LogP) is 1.13. The van der Waals surface area contributed by atoms with E-state index in [1.165, 1.54) is 0 Å². The highest BCUT2D eigenvalue weighted by molar-refractivity contribution is 5.91. The molecule has 0 bridgehead atoms. The minimum atomic E-state index is -0.500. The van der Waals surface area contributed by atoms with Crippen molar-refractivity contribution in [1.82, 2.24) is 0 Å². The largest absolute Gasteiger partial charge is 0.366 e. The van der Waals surface area contributed by atoms with Crippen molar-refractivity contribution in [1.29, 1.82) is 0 Å². The van der Waals surface area contributed by atoms with Gasteiger partial charge in [-0.15, -0.1) is 0 Å². The summed E-state index contributed by atoms with van der Waals surface area (Å²) in [6.07, 6.45) is 3.44. The van der Waals surface area contributed by atoms with Gasteiger partial charge in [0.15, 0.2) is 12.1 Å². The zero-order valence-corrected chi connectivity index (χ0v) is 9.32. The van der Waals surface area contributed by atoms with E-state index in [0.29, 0.717) is 6.61 Å². The average Bonchev–Trinajstić information content (AvgIpc) is 2.83. The van der Waals surface area contributed by atoms with Crippen LogP contribution in [0.3, 0.4) is 0 Å². The van der Waals surface area contributed by atoms with Crippen LogP contribution < -0.4 is 0 Å². The number of methoxy groups -OCH3 is 2. The second-order valence-corrected chi connectivity index (χ2v) is 4.32. The molecule has 1 aliphatic heterocycles. The molecule has 15 heavy (non-hydrogen) atoms. The van der Waals surface area contributed by atoms with Crippen LogP contribution in [0.5, 0.6) is 0 Å². The van der Waals surface area contributed by atoms with E-state index >= 15 is 0 Å². The van der Waals surface area contributed by atoms with Crippen LogP contribution in [0.2, 0.25) is 0 Å². The van der Waals surface area contributed by atoms with E-state index in [9.17, 15) is 4.79 Å². The molecule has 0 amide bonds. The minimum absolute atomic E-state index is 0.175. The number of hydrogen-bond acceptors (Lipinski definition) is 4. The van der Waals surface area contributed by atoms with Gasteiger partial charge in [-0.1, -0.05) is 0 Å². The number of carbonyl (C=O) groups is 1. The van der Waals surface area contributed by atoms with Crippen molar-refractivity contribution in [2.75, 3.05) is 20.8 Å². The standard InChI is InChI=1S/C11H18O4/c1-13-10(14-2)8-7-15-11(9(8)12)5-3-4-6-11/h8,10H,3-7H2,1-2H3. The van der Waals surface area contributed by atoms with Crippen molar-refractivity contribution < 1.29 is 19.0 Å². The number of ketones is 1. The molecule has 0 aromatic rings. The van der Waals surface area contributed by atoms with Gasteiger partial charge >= 0.3 is 0 Å². The number of carbonyl (C=O) groups excluding carboxylic acids is 1. The molecule has 4 heteroatoms. The molecule has 0 N–H and O–H groups in total. The maximum absolute atomic E-state index is 12.2. The fourth-order valence-electron chi connectivity index (χ4n) is 2.70. The lowest BCUT2D eigenvalue weighted by Crippen LogP contribution is -2.38. The average molecular weight is 214 g/mol. The van der Waals surface area contributed by atoms with Gasteiger partial charge in [-0.05, 0) is 25.7 Å². The van der Waals surface area contributed by atoms with Gasteiger partial charge in [0.2, 0.25) is 0 Å². The summed E-state index contributed by atoms with van der Waals surface area (Å²) in [5.41, 5.74) is -0.500. The third kappa shape index (κ3) is 1.71. The normalized spacial score (nSPS) is 29.5. The Balaban J connectivity index is 2.09. The van der Waals surface area contributed by atoms with Gasteiger partial charge in [-0.3, -0.25) is 4.79 Å². The molecule has 2 aliphatic rings. The summed E-state index contributed by atoms with van der Waals surface area (Å²) in [5.74, 6) is -0.0770. The molecule has 1 saturated carbocycles. The first-order valence-electron chi connectivity index (χ1n) is 5.47. The van der Waals surface area contributed by atoms with Crippen LogP contribution in [0, 0.1) is 5.92 Å². The lowest BCUT2D eigenvalue weighted by atomic mass is 9.90. The van der Waals surface area contributed by atoms with Crippen molar-refractivity contribution in [2.45, 2.75) is 37.6 Å². The molecule has 0 aromatic heterocycles. The highest BCUT2D eigenvalue weighted by Crippen LogP contribution is 2.41. The van der Waals surface area contributed by atoms with Crippen molar-refractivity contribution >= 4 is 5.78 Å². The molecule has 1 atom stereocenters. The van der Waals surface area contributed by atoms with Crippen molar-refractivity contribution in [2.24, 2.45) is 5.92 Å². The Morgan fingerprint density at radius 3 is 2.47 bits per heavy atom. The van der Waals surface area contributed by atoms with E-state index in [1.807, 2.05) is 0 Å². The first-order valence-corrected chi connectivity index (χ1v) is 5.47. The second-order valence-electron chi connectivity index (χ2n) is 4.32. The summed E-state index contributed by atoms with van der Waals surface area (Å²) in [6, 6.07) is 0. The van der Waals surface area contributed by atoms with Crippen molar-refractivity contribution in [3.8, 4) is 0 Å². The Kier molecular flexibility index (Phi) is 3.09. The summed E-state index contributed by atoms with van der Waals surface area (Å²) >= 11 is 0. The zero-order chi connectivity index (χ0) is 10.9. The van der Waals surface area contributed by atoms with Gasteiger partial charge in [0.1, 0.15) is 5.60 Å². The number of Topliss-reactive ketones (excluding diaryl/α,β-unsaturated/α-hetero) is 1. The van der Waals surface area contributed by atoms with Crippen LogP contribution in [0.1, 0.15) is 25.7 Å². The molecule has 1 spiro atoms. The Morgan fingerprint density at radius 2 is 1.93 bits per heavy atom. The van der Waals surface area contributed by atoms with Crippen LogP contribution in [-0.4, -0.2) is 38.5 Å². The van der Waals surface area contributed by atoms with Crippen LogP contribution in [-0.2, 0) is 19.0 Å². The Bertz CT molecular complexity index is 241. The summed E-state index contributed by atoms with van der Waals surface area (Å²) in [4.78, 5) is 12.2. The summed E-state index contributed by atoms with van der Waals surface area (Å²) in [7, 11) is 3.11. The predicted molar refractivity (Wildman–Crippen MR) is 53.5 cm³/mol. The molecular formula is C11H18O4. The second kappa shape index (κ2) is 4.20. The summed E-state index contributed by atoms with van der Waals surface area (Å²) in [6.45, 7) is 0.436. The van der Waals surface area contributed by atoms with E-state index in [1.54, 1.807) is 14.2 Å². The van der Waals surface area contributed by atoms with E-state index in [2.05, 4.69) is 0 Å². The Labute approximate surface area is 89.9 Å². The highest BCUT2D eigenvalue weighted by Gasteiger charge is 2.52. The third-order valence-electron chi connectivity index (χ3n) is 3.53. The molecule has 1 unspecified atom stereocenters. The molecule has 2 rings (SSSR count). The van der Waals surface area contributed by atoms with Gasteiger partial charge in [-0.25, -0.2) is 0 Å². The van der Waals surface area contributed by atoms with Crippen molar-refractivity contribution in [3.05, 3.63) is 0 Å². The van der Waals surface area contributed by atoms with Gasteiger partial charge < -0.3 is 14.2 Å². The first-order chi connectivity index (χ1) is 7.23. The molecule has 4 nitrogen and oxygen atoms in total. The van der Waals surface area contributed by atoms with E-state index < -0.39 is 11.9 Å². The van der Waals surface area contributed by atoms with Crippen LogP contribution in [0.4, 0.5) is 0 Å². The van der Waals surface area contributed by atoms with Gasteiger partial charge in [-0.2, -0.15) is 0 Å². The number of hydrogen-bond donors (Lipinski definition) is 0. The Morgan fingerprint density at radius 1 is 1.33 bits per heavy atom. The first kappa shape index (κ1) is 11.0. The summed E-state index contributed by atoms with van der Waals surface area (Å²) in [5, 5.41) is 0. The lowest BCUT2D eigenvalue weighted by Gasteiger charge is -2.22. The fourth-order valence-corrected chi connectivity index (χ4v) is 2.70. The van der Waals surface area contributed by atoms with Gasteiger partial charge in [0, 0.05) is 14.2 Å². The molecule has 2 fully saturated rings. The molecule has 0 aromatic carbocycles. The molecule has 1 saturated heterocycles. The summed E-state index contributed by atoms with van der Waals surface area (Å²) < 4.78 is 16.0. The SMILES string of the molecule is COC(OC)C1COC2(CCCC2)C1=O. The molecule has 1 aliphatic carbocycles. The number of rotatable bonds is 3. The zero-order valence-electron chi connectivity index (χ0n) is 9.32. The maximum atomic E-state index is 12.2. The third-order valence-corrected chi connectivity index (χ3v) is 3.53. The quantitative estimate of drug-likeness (QED) is 0.661. The fraction of sp³-hybridized carbons (Fsp3) is 0.909. The van der Waals surface area contributed by atoms with Gasteiger partial charge in [0.05, 0.1) is 12.5 Å². The van der Waals surface area contributed by atoms with Crippen LogP contribution in [0.25, 0.3) is 0 Å². The minimum Gasteiger partial charge on any atom is -0.366 e. The highest BCUT2D eigenvalue weighted by atomic mass is 16.7. The van der Waals surface area contributed by atoms with E-state index in [-0.39, 0.29) is 11.7 Å². The topological polar surface area (TPSA) is 44.8 Å². The van der Waals surface area contributed by atoms with E-state index in [0.717, 1.165) is 25.7 Å². The smallest absolute Gasteiger partial charge is 0.175 e. The van der Waals surface area contributed by atoms with Crippen LogP contribution >= 0.6 is 0 Å². The monoisotopic (exact) mass is 214 g/mol. The van der Waals surface area contributed by atoms with Crippen LogP contribution in [0.15, 0.2) is 0 Å². The molecular weight excluding hydrogens is 196 g/mol.